The molecule has 0 radical (unpaired) electrons. The molecule has 1 atom stereocenters. The van der Waals surface area contributed by atoms with Crippen LogP contribution in [0.4, 0.5) is 5.69 Å². The number of benzene rings is 1. The summed E-state index contributed by atoms with van der Waals surface area (Å²) < 4.78 is 1.61. The van der Waals surface area contributed by atoms with Crippen molar-refractivity contribution < 1.29 is 9.59 Å². The van der Waals surface area contributed by atoms with Gasteiger partial charge in [0.05, 0.1) is 24.3 Å². The normalized spacial score (nSPS) is 16.6. The molecule has 2 heterocycles. The Bertz CT molecular complexity index is 677. The van der Waals surface area contributed by atoms with Gasteiger partial charge in [-0.25, -0.2) is 0 Å². The smallest absolute Gasteiger partial charge is 0.252 e. The first-order valence-corrected chi connectivity index (χ1v) is 6.32. The fraction of sp³-hybridized carbons (Fsp3) is 0.214. The molecular formula is C14H14N4O2. The number of aromatic nitrogens is 2. The van der Waals surface area contributed by atoms with Crippen molar-refractivity contribution >= 4 is 17.5 Å². The Morgan fingerprint density at radius 3 is 3.00 bits per heavy atom. The van der Waals surface area contributed by atoms with Gasteiger partial charge in [-0.1, -0.05) is 18.2 Å². The van der Waals surface area contributed by atoms with E-state index in [2.05, 4.69) is 15.7 Å². The van der Waals surface area contributed by atoms with E-state index in [0.29, 0.717) is 11.3 Å². The highest BCUT2D eigenvalue weighted by molar-refractivity contribution is 6.00. The number of hydrogen-bond acceptors (Lipinski definition) is 3. The van der Waals surface area contributed by atoms with E-state index in [0.717, 1.165) is 5.56 Å². The van der Waals surface area contributed by atoms with Crippen molar-refractivity contribution in [2.75, 3.05) is 5.32 Å². The third-order valence-electron chi connectivity index (χ3n) is 3.26. The van der Waals surface area contributed by atoms with Crippen LogP contribution in [-0.2, 0) is 11.8 Å². The van der Waals surface area contributed by atoms with Crippen LogP contribution in [0.1, 0.15) is 28.4 Å². The van der Waals surface area contributed by atoms with E-state index in [1.54, 1.807) is 30.2 Å². The summed E-state index contributed by atoms with van der Waals surface area (Å²) >= 11 is 0. The fourth-order valence-electron chi connectivity index (χ4n) is 2.37. The van der Waals surface area contributed by atoms with Crippen LogP contribution in [0, 0.1) is 0 Å². The Labute approximate surface area is 115 Å². The lowest BCUT2D eigenvalue weighted by Crippen LogP contribution is -2.24. The Balaban J connectivity index is 1.70. The molecule has 2 N–H and O–H groups in total. The number of anilines is 1. The summed E-state index contributed by atoms with van der Waals surface area (Å²) in [6.07, 6.45) is 3.51. The Hall–Kier alpha value is -2.63. The van der Waals surface area contributed by atoms with Gasteiger partial charge in [-0.05, 0) is 11.6 Å². The molecule has 6 heteroatoms. The zero-order valence-corrected chi connectivity index (χ0v) is 11.0. The van der Waals surface area contributed by atoms with Crippen LogP contribution in [0.25, 0.3) is 0 Å². The summed E-state index contributed by atoms with van der Waals surface area (Å²) in [5.41, 5.74) is 2.17. The standard InChI is InChI=1S/C14H14N4O2/c1-18-8-9(7-15-18)16-13(19)6-12-10-4-2-3-5-11(10)14(20)17-12/h2-5,7-8,12H,6H2,1H3,(H,16,19)(H,17,20). The number of amides is 2. The van der Waals surface area contributed by atoms with Crippen LogP contribution in [-0.4, -0.2) is 21.6 Å². The van der Waals surface area contributed by atoms with Crippen molar-refractivity contribution in [1.82, 2.24) is 15.1 Å². The largest absolute Gasteiger partial charge is 0.345 e. The Morgan fingerprint density at radius 1 is 1.45 bits per heavy atom. The van der Waals surface area contributed by atoms with E-state index in [1.165, 1.54) is 0 Å². The van der Waals surface area contributed by atoms with Crippen molar-refractivity contribution in [2.45, 2.75) is 12.5 Å². The fourth-order valence-corrected chi connectivity index (χ4v) is 2.37. The van der Waals surface area contributed by atoms with Gasteiger partial charge in [0.15, 0.2) is 0 Å². The number of fused-ring (bicyclic) bond motifs is 1. The highest BCUT2D eigenvalue weighted by Gasteiger charge is 2.29. The van der Waals surface area contributed by atoms with Crippen molar-refractivity contribution in [3.05, 3.63) is 47.8 Å². The molecule has 1 aromatic heterocycles. The molecule has 1 aromatic carbocycles. The predicted molar refractivity (Wildman–Crippen MR) is 73.1 cm³/mol. The minimum absolute atomic E-state index is 0.125. The molecule has 0 spiro atoms. The van der Waals surface area contributed by atoms with Crippen LogP contribution in [0.2, 0.25) is 0 Å². The highest BCUT2D eigenvalue weighted by Crippen LogP contribution is 2.27. The van der Waals surface area contributed by atoms with Gasteiger partial charge in [0.1, 0.15) is 0 Å². The number of carbonyl (C=O) groups is 2. The first-order valence-electron chi connectivity index (χ1n) is 6.32. The maximum atomic E-state index is 12.0. The second-order valence-electron chi connectivity index (χ2n) is 4.77. The number of nitrogens with zero attached hydrogens (tertiary/aromatic N) is 2. The minimum Gasteiger partial charge on any atom is -0.345 e. The summed E-state index contributed by atoms with van der Waals surface area (Å²) in [5, 5.41) is 9.56. The first-order chi connectivity index (χ1) is 9.63. The van der Waals surface area contributed by atoms with Gasteiger partial charge in [-0.3, -0.25) is 14.3 Å². The lowest BCUT2D eigenvalue weighted by molar-refractivity contribution is -0.116. The summed E-state index contributed by atoms with van der Waals surface area (Å²) in [5.74, 6) is -0.278. The highest BCUT2D eigenvalue weighted by atomic mass is 16.2. The average Bonchev–Trinajstić information content (AvgIpc) is 2.95. The van der Waals surface area contributed by atoms with Crippen LogP contribution in [0.5, 0.6) is 0 Å². The predicted octanol–water partition coefficient (Wildman–Crippen LogP) is 1.23. The molecule has 1 unspecified atom stereocenters. The molecule has 6 nitrogen and oxygen atoms in total. The van der Waals surface area contributed by atoms with Gasteiger partial charge in [-0.15, -0.1) is 0 Å². The maximum absolute atomic E-state index is 12.0. The van der Waals surface area contributed by atoms with Crippen LogP contribution >= 0.6 is 0 Å². The molecular weight excluding hydrogens is 256 g/mol. The van der Waals surface area contributed by atoms with Crippen molar-refractivity contribution in [2.24, 2.45) is 7.05 Å². The summed E-state index contributed by atoms with van der Waals surface area (Å²) in [6.45, 7) is 0. The minimum atomic E-state index is -0.268. The summed E-state index contributed by atoms with van der Waals surface area (Å²) in [6, 6.07) is 7.05. The molecule has 20 heavy (non-hydrogen) atoms. The number of rotatable bonds is 3. The number of carbonyl (C=O) groups excluding carboxylic acids is 2. The Morgan fingerprint density at radius 2 is 2.25 bits per heavy atom. The molecule has 0 bridgehead atoms. The topological polar surface area (TPSA) is 76.0 Å². The maximum Gasteiger partial charge on any atom is 0.252 e. The Kier molecular flexibility index (Phi) is 2.98. The van der Waals surface area contributed by atoms with Crippen LogP contribution < -0.4 is 10.6 Å². The van der Waals surface area contributed by atoms with E-state index in [-0.39, 0.29) is 24.3 Å². The van der Waals surface area contributed by atoms with Gasteiger partial charge in [0.25, 0.3) is 5.91 Å². The quantitative estimate of drug-likeness (QED) is 0.880. The zero-order valence-electron chi connectivity index (χ0n) is 11.0. The number of aryl methyl sites for hydroxylation is 1. The molecule has 0 saturated carbocycles. The van der Waals surface area contributed by atoms with E-state index < -0.39 is 0 Å². The second-order valence-corrected chi connectivity index (χ2v) is 4.77. The van der Waals surface area contributed by atoms with Crippen molar-refractivity contribution in [1.29, 1.82) is 0 Å². The molecule has 2 aromatic rings. The lowest BCUT2D eigenvalue weighted by Gasteiger charge is -2.11. The van der Waals surface area contributed by atoms with Gasteiger partial charge in [0, 0.05) is 18.8 Å². The number of nitrogens with one attached hydrogen (secondary N) is 2. The average molecular weight is 270 g/mol. The van der Waals surface area contributed by atoms with E-state index >= 15 is 0 Å². The molecule has 0 aliphatic carbocycles. The molecule has 3 rings (SSSR count). The summed E-state index contributed by atoms with van der Waals surface area (Å²) in [7, 11) is 1.78. The van der Waals surface area contributed by atoms with Gasteiger partial charge in [0.2, 0.25) is 5.91 Å². The van der Waals surface area contributed by atoms with E-state index in [4.69, 9.17) is 0 Å². The molecule has 0 saturated heterocycles. The molecule has 0 fully saturated rings. The molecule has 1 aliphatic heterocycles. The van der Waals surface area contributed by atoms with Gasteiger partial charge < -0.3 is 10.6 Å². The summed E-state index contributed by atoms with van der Waals surface area (Å²) in [4.78, 5) is 23.8. The number of hydrogen-bond donors (Lipinski definition) is 2. The van der Waals surface area contributed by atoms with Crippen LogP contribution in [0.15, 0.2) is 36.7 Å². The SMILES string of the molecule is Cn1cc(NC(=O)CC2NC(=O)c3ccccc32)cn1. The van der Waals surface area contributed by atoms with Gasteiger partial charge >= 0.3 is 0 Å². The van der Waals surface area contributed by atoms with Gasteiger partial charge in [-0.2, -0.15) is 5.10 Å². The second kappa shape index (κ2) is 4.80. The molecule has 1 aliphatic rings. The first kappa shape index (κ1) is 12.4. The molecule has 2 amide bonds. The third-order valence-corrected chi connectivity index (χ3v) is 3.26. The van der Waals surface area contributed by atoms with Crippen molar-refractivity contribution in [3.63, 3.8) is 0 Å². The third kappa shape index (κ3) is 2.27. The molecule has 102 valence electrons. The van der Waals surface area contributed by atoms with Crippen molar-refractivity contribution in [3.8, 4) is 0 Å². The monoisotopic (exact) mass is 270 g/mol. The lowest BCUT2D eigenvalue weighted by atomic mass is 10.0. The zero-order chi connectivity index (χ0) is 14.1. The van der Waals surface area contributed by atoms with E-state index in [9.17, 15) is 9.59 Å². The van der Waals surface area contributed by atoms with Crippen LogP contribution in [0.3, 0.4) is 0 Å². The van der Waals surface area contributed by atoms with E-state index in [1.807, 2.05) is 18.2 Å².